The number of benzene rings is 1. The number of carbonyl (C=O) groups excluding carboxylic acids is 2. The highest BCUT2D eigenvalue weighted by atomic mass is 35.5. The van der Waals surface area contributed by atoms with Gasteiger partial charge in [-0.05, 0) is 30.7 Å². The minimum absolute atomic E-state index is 0. The monoisotopic (exact) mass is 325 g/mol. The van der Waals surface area contributed by atoms with Gasteiger partial charge in [-0.2, -0.15) is 0 Å². The number of hydrogen-bond donors (Lipinski definition) is 2. The van der Waals surface area contributed by atoms with E-state index in [-0.39, 0.29) is 24.2 Å². The van der Waals surface area contributed by atoms with Crippen molar-refractivity contribution in [1.82, 2.24) is 15.5 Å². The summed E-state index contributed by atoms with van der Waals surface area (Å²) in [5.74, 6) is 0.164. The molecule has 0 bridgehead atoms. The van der Waals surface area contributed by atoms with Crippen LogP contribution in [0.1, 0.15) is 35.7 Å². The van der Waals surface area contributed by atoms with Crippen LogP contribution in [0.15, 0.2) is 24.3 Å². The summed E-state index contributed by atoms with van der Waals surface area (Å²) in [4.78, 5) is 25.4. The molecule has 2 N–H and O–H groups in total. The van der Waals surface area contributed by atoms with Crippen LogP contribution in [0.5, 0.6) is 0 Å². The number of amides is 2. The third-order valence-electron chi connectivity index (χ3n) is 3.60. The van der Waals surface area contributed by atoms with E-state index in [0.717, 1.165) is 31.6 Å². The Labute approximate surface area is 137 Å². The number of hydrogen-bond acceptors (Lipinski definition) is 3. The van der Waals surface area contributed by atoms with E-state index in [9.17, 15) is 9.59 Å². The third-order valence-corrected chi connectivity index (χ3v) is 3.60. The zero-order valence-corrected chi connectivity index (χ0v) is 13.7. The number of likely N-dealkylation sites (N-methyl/N-ethyl adjacent to an activating group) is 1. The van der Waals surface area contributed by atoms with Gasteiger partial charge in [0.15, 0.2) is 0 Å². The molecule has 0 spiro atoms. The van der Waals surface area contributed by atoms with Gasteiger partial charge in [-0.3, -0.25) is 9.59 Å². The van der Waals surface area contributed by atoms with Crippen LogP contribution >= 0.6 is 12.4 Å². The van der Waals surface area contributed by atoms with Gasteiger partial charge < -0.3 is 15.5 Å². The Morgan fingerprint density at radius 2 is 1.95 bits per heavy atom. The maximum absolute atomic E-state index is 11.9. The summed E-state index contributed by atoms with van der Waals surface area (Å²) in [5.41, 5.74) is 1.72. The summed E-state index contributed by atoms with van der Waals surface area (Å²) in [6.45, 7) is 5.81. The fraction of sp³-hybridized carbons (Fsp3) is 0.500. The normalized spacial score (nSPS) is 13.9. The van der Waals surface area contributed by atoms with Crippen LogP contribution in [0.25, 0.3) is 0 Å². The molecule has 1 aromatic rings. The van der Waals surface area contributed by atoms with E-state index in [0.29, 0.717) is 25.1 Å². The summed E-state index contributed by atoms with van der Waals surface area (Å²) < 4.78 is 0. The van der Waals surface area contributed by atoms with Crippen molar-refractivity contribution in [3.63, 3.8) is 0 Å². The summed E-state index contributed by atoms with van der Waals surface area (Å²) in [6.07, 6.45) is 1.61. The van der Waals surface area contributed by atoms with Gasteiger partial charge >= 0.3 is 0 Å². The minimum Gasteiger partial charge on any atom is -0.351 e. The van der Waals surface area contributed by atoms with E-state index in [4.69, 9.17) is 0 Å². The molecule has 122 valence electrons. The van der Waals surface area contributed by atoms with E-state index in [1.54, 1.807) is 0 Å². The third kappa shape index (κ3) is 5.31. The zero-order valence-electron chi connectivity index (χ0n) is 12.9. The lowest BCUT2D eigenvalue weighted by atomic mass is 10.1. The Kier molecular flexibility index (Phi) is 7.91. The summed E-state index contributed by atoms with van der Waals surface area (Å²) in [6, 6.07) is 7.48. The molecule has 0 radical (unpaired) electrons. The standard InChI is InChI=1S/C16H23N3O2.ClH/c1-2-17-9-10-18-16(21)14-7-5-13(6-8-14)12-19-11-3-4-15(19)20;/h5-8,17H,2-4,9-12H2,1H3,(H,18,21);1H. The molecule has 0 aromatic heterocycles. The summed E-state index contributed by atoms with van der Waals surface area (Å²) in [7, 11) is 0. The fourth-order valence-electron chi connectivity index (χ4n) is 2.40. The molecule has 1 heterocycles. The molecule has 22 heavy (non-hydrogen) atoms. The van der Waals surface area contributed by atoms with Crippen molar-refractivity contribution >= 4 is 24.2 Å². The maximum atomic E-state index is 11.9. The van der Waals surface area contributed by atoms with Gasteiger partial charge in [0.1, 0.15) is 0 Å². The Morgan fingerprint density at radius 3 is 2.55 bits per heavy atom. The molecule has 1 aliphatic rings. The van der Waals surface area contributed by atoms with Crippen LogP contribution in [0.3, 0.4) is 0 Å². The van der Waals surface area contributed by atoms with Crippen LogP contribution in [-0.2, 0) is 11.3 Å². The lowest BCUT2D eigenvalue weighted by molar-refractivity contribution is -0.128. The quantitative estimate of drug-likeness (QED) is 0.748. The molecule has 1 saturated heterocycles. The number of rotatable bonds is 7. The topological polar surface area (TPSA) is 61.4 Å². The first-order chi connectivity index (χ1) is 10.2. The lowest BCUT2D eigenvalue weighted by Crippen LogP contribution is -2.31. The lowest BCUT2D eigenvalue weighted by Gasteiger charge is -2.15. The first-order valence-electron chi connectivity index (χ1n) is 7.56. The second kappa shape index (κ2) is 9.43. The highest BCUT2D eigenvalue weighted by molar-refractivity contribution is 5.94. The molecule has 1 fully saturated rings. The van der Waals surface area contributed by atoms with E-state index < -0.39 is 0 Å². The van der Waals surface area contributed by atoms with Crippen LogP contribution in [0, 0.1) is 0 Å². The SMILES string of the molecule is CCNCCNC(=O)c1ccc(CN2CCCC2=O)cc1.Cl. The smallest absolute Gasteiger partial charge is 0.251 e. The molecule has 1 aromatic carbocycles. The van der Waals surface area contributed by atoms with Crippen LogP contribution < -0.4 is 10.6 Å². The number of halogens is 1. The van der Waals surface area contributed by atoms with E-state index in [2.05, 4.69) is 10.6 Å². The first-order valence-corrected chi connectivity index (χ1v) is 7.56. The van der Waals surface area contributed by atoms with Crippen molar-refractivity contribution in [3.8, 4) is 0 Å². The average molecular weight is 326 g/mol. The van der Waals surface area contributed by atoms with Gasteiger partial charge in [-0.15, -0.1) is 12.4 Å². The molecular weight excluding hydrogens is 302 g/mol. The van der Waals surface area contributed by atoms with Gasteiger partial charge in [0, 0.05) is 38.2 Å². The number of nitrogens with zero attached hydrogens (tertiary/aromatic N) is 1. The first kappa shape index (κ1) is 18.5. The molecular formula is C16H24ClN3O2. The molecule has 6 heteroatoms. The van der Waals surface area contributed by atoms with Crippen LogP contribution in [-0.4, -0.2) is 42.9 Å². The molecule has 2 rings (SSSR count). The molecule has 0 unspecified atom stereocenters. The number of carbonyl (C=O) groups is 2. The van der Waals surface area contributed by atoms with Gasteiger partial charge in [0.2, 0.25) is 5.91 Å². The van der Waals surface area contributed by atoms with Crippen molar-refractivity contribution in [2.45, 2.75) is 26.3 Å². The Balaban J connectivity index is 0.00000242. The van der Waals surface area contributed by atoms with Crippen LogP contribution in [0.4, 0.5) is 0 Å². The van der Waals surface area contributed by atoms with Gasteiger partial charge in [0.25, 0.3) is 5.91 Å². The Bertz CT molecular complexity index is 491. The minimum atomic E-state index is -0.0586. The van der Waals surface area contributed by atoms with Crippen molar-refractivity contribution in [2.24, 2.45) is 0 Å². The highest BCUT2D eigenvalue weighted by Gasteiger charge is 2.19. The van der Waals surface area contributed by atoms with Crippen molar-refractivity contribution in [3.05, 3.63) is 35.4 Å². The highest BCUT2D eigenvalue weighted by Crippen LogP contribution is 2.14. The summed E-state index contributed by atoms with van der Waals surface area (Å²) >= 11 is 0. The van der Waals surface area contributed by atoms with Crippen LogP contribution in [0.2, 0.25) is 0 Å². The second-order valence-corrected chi connectivity index (χ2v) is 5.23. The van der Waals surface area contributed by atoms with E-state index in [1.165, 1.54) is 0 Å². The Hall–Kier alpha value is -1.59. The predicted molar refractivity (Wildman–Crippen MR) is 89.2 cm³/mol. The Morgan fingerprint density at radius 1 is 1.23 bits per heavy atom. The maximum Gasteiger partial charge on any atom is 0.251 e. The molecule has 5 nitrogen and oxygen atoms in total. The van der Waals surface area contributed by atoms with Crippen molar-refractivity contribution in [2.75, 3.05) is 26.2 Å². The molecule has 2 amide bonds. The summed E-state index contributed by atoms with van der Waals surface area (Å²) in [5, 5.41) is 6.02. The van der Waals surface area contributed by atoms with Crippen molar-refractivity contribution in [1.29, 1.82) is 0 Å². The molecule has 0 aliphatic carbocycles. The number of likely N-dealkylation sites (tertiary alicyclic amines) is 1. The van der Waals surface area contributed by atoms with E-state index in [1.807, 2.05) is 36.1 Å². The second-order valence-electron chi connectivity index (χ2n) is 5.23. The fourth-order valence-corrected chi connectivity index (χ4v) is 2.40. The zero-order chi connectivity index (χ0) is 15.1. The van der Waals surface area contributed by atoms with Gasteiger partial charge in [-0.1, -0.05) is 19.1 Å². The predicted octanol–water partition coefficient (Wildman–Crippen LogP) is 1.57. The molecule has 1 aliphatic heterocycles. The van der Waals surface area contributed by atoms with Gasteiger partial charge in [-0.25, -0.2) is 0 Å². The molecule has 0 atom stereocenters. The largest absolute Gasteiger partial charge is 0.351 e. The van der Waals surface area contributed by atoms with Crippen molar-refractivity contribution < 1.29 is 9.59 Å². The number of nitrogens with one attached hydrogen (secondary N) is 2. The van der Waals surface area contributed by atoms with E-state index >= 15 is 0 Å². The molecule has 0 saturated carbocycles. The average Bonchev–Trinajstić information content (AvgIpc) is 2.89. The van der Waals surface area contributed by atoms with Gasteiger partial charge in [0.05, 0.1) is 0 Å².